The zero-order chi connectivity index (χ0) is 18.6. The van der Waals surface area contributed by atoms with Crippen LogP contribution in [0.25, 0.3) is 0 Å². The van der Waals surface area contributed by atoms with Crippen molar-refractivity contribution in [3.8, 4) is 0 Å². The third-order valence-electron chi connectivity index (χ3n) is 3.45. The average molecular weight is 352 g/mol. The molecule has 2 rings (SSSR count). The van der Waals surface area contributed by atoms with E-state index in [4.69, 9.17) is 0 Å². The second-order valence-corrected chi connectivity index (χ2v) is 5.76. The SMILES string of the molecule is Cc1cc(C(F)(F)F)nc(CCNC(=O)c2cccc(N(C)C)c2)n1. The van der Waals surface area contributed by atoms with Crippen LogP contribution < -0.4 is 10.2 Å². The topological polar surface area (TPSA) is 58.1 Å². The van der Waals surface area contributed by atoms with Crippen LogP contribution >= 0.6 is 0 Å². The first-order chi connectivity index (χ1) is 11.7. The number of carbonyl (C=O) groups excluding carboxylic acids is 1. The number of hydrogen-bond donors (Lipinski definition) is 1. The number of aryl methyl sites for hydroxylation is 1. The molecule has 0 aliphatic carbocycles. The van der Waals surface area contributed by atoms with Gasteiger partial charge in [0.15, 0.2) is 0 Å². The number of rotatable bonds is 5. The molecule has 0 saturated heterocycles. The first-order valence-electron chi connectivity index (χ1n) is 7.64. The van der Waals surface area contributed by atoms with Crippen molar-refractivity contribution in [1.82, 2.24) is 15.3 Å². The van der Waals surface area contributed by atoms with Gasteiger partial charge in [-0.15, -0.1) is 0 Å². The Morgan fingerprint density at radius 2 is 1.92 bits per heavy atom. The maximum Gasteiger partial charge on any atom is 0.433 e. The Balaban J connectivity index is 2.00. The van der Waals surface area contributed by atoms with E-state index in [1.165, 1.54) is 6.92 Å². The summed E-state index contributed by atoms with van der Waals surface area (Å²) < 4.78 is 38.3. The third-order valence-corrected chi connectivity index (χ3v) is 3.45. The zero-order valence-corrected chi connectivity index (χ0v) is 14.2. The van der Waals surface area contributed by atoms with Crippen molar-refractivity contribution in [3.05, 3.63) is 53.1 Å². The molecule has 0 saturated carbocycles. The van der Waals surface area contributed by atoms with Crippen LogP contribution in [0.3, 0.4) is 0 Å². The van der Waals surface area contributed by atoms with Gasteiger partial charge in [-0.2, -0.15) is 13.2 Å². The van der Waals surface area contributed by atoms with Crippen LogP contribution in [0.2, 0.25) is 0 Å². The molecule has 134 valence electrons. The summed E-state index contributed by atoms with van der Waals surface area (Å²) in [5, 5.41) is 2.67. The summed E-state index contributed by atoms with van der Waals surface area (Å²) in [4.78, 5) is 21.5. The molecule has 25 heavy (non-hydrogen) atoms. The second kappa shape index (κ2) is 7.50. The minimum absolute atomic E-state index is 0.0506. The summed E-state index contributed by atoms with van der Waals surface area (Å²) >= 11 is 0. The van der Waals surface area contributed by atoms with Crippen LogP contribution in [-0.2, 0) is 12.6 Å². The highest BCUT2D eigenvalue weighted by molar-refractivity contribution is 5.95. The van der Waals surface area contributed by atoms with Gasteiger partial charge in [0, 0.05) is 44.0 Å². The minimum Gasteiger partial charge on any atom is -0.378 e. The van der Waals surface area contributed by atoms with E-state index >= 15 is 0 Å². The molecule has 0 aliphatic rings. The minimum atomic E-state index is -4.52. The molecule has 1 aromatic carbocycles. The van der Waals surface area contributed by atoms with E-state index in [0.717, 1.165) is 11.8 Å². The number of halogens is 3. The van der Waals surface area contributed by atoms with Crippen LogP contribution in [0.5, 0.6) is 0 Å². The summed E-state index contributed by atoms with van der Waals surface area (Å²) in [6.07, 6.45) is -4.40. The van der Waals surface area contributed by atoms with Gasteiger partial charge in [0.25, 0.3) is 5.91 Å². The number of amides is 1. The van der Waals surface area contributed by atoms with Gasteiger partial charge in [-0.05, 0) is 31.2 Å². The molecule has 0 unspecified atom stereocenters. The first-order valence-corrected chi connectivity index (χ1v) is 7.64. The Morgan fingerprint density at radius 1 is 1.20 bits per heavy atom. The normalized spacial score (nSPS) is 11.3. The van der Waals surface area contributed by atoms with E-state index < -0.39 is 11.9 Å². The molecule has 0 fully saturated rings. The van der Waals surface area contributed by atoms with Gasteiger partial charge in [-0.1, -0.05) is 6.07 Å². The van der Waals surface area contributed by atoms with Gasteiger partial charge in [-0.3, -0.25) is 4.79 Å². The zero-order valence-electron chi connectivity index (χ0n) is 14.2. The Labute approximate surface area is 143 Å². The van der Waals surface area contributed by atoms with Crippen LogP contribution in [0.4, 0.5) is 18.9 Å². The Bertz CT molecular complexity index is 760. The summed E-state index contributed by atoms with van der Waals surface area (Å²) in [7, 11) is 3.73. The number of alkyl halides is 3. The first kappa shape index (κ1) is 18.7. The molecule has 0 atom stereocenters. The number of carbonyl (C=O) groups is 1. The van der Waals surface area contributed by atoms with Gasteiger partial charge in [0.1, 0.15) is 11.5 Å². The van der Waals surface area contributed by atoms with E-state index in [1.807, 2.05) is 25.1 Å². The largest absolute Gasteiger partial charge is 0.433 e. The highest BCUT2D eigenvalue weighted by Crippen LogP contribution is 2.27. The van der Waals surface area contributed by atoms with E-state index in [9.17, 15) is 18.0 Å². The number of hydrogen-bond acceptors (Lipinski definition) is 4. The molecule has 0 bridgehead atoms. The van der Waals surface area contributed by atoms with Gasteiger partial charge in [0.2, 0.25) is 0 Å². The highest BCUT2D eigenvalue weighted by atomic mass is 19.4. The molecule has 0 spiro atoms. The molecule has 1 aromatic heterocycles. The van der Waals surface area contributed by atoms with Crippen molar-refractivity contribution in [2.75, 3.05) is 25.5 Å². The molecular weight excluding hydrogens is 333 g/mol. The van der Waals surface area contributed by atoms with E-state index in [1.54, 1.807) is 18.2 Å². The van der Waals surface area contributed by atoms with Crippen molar-refractivity contribution in [3.63, 3.8) is 0 Å². The second-order valence-electron chi connectivity index (χ2n) is 5.76. The lowest BCUT2D eigenvalue weighted by molar-refractivity contribution is -0.141. The average Bonchev–Trinajstić information content (AvgIpc) is 2.53. The van der Waals surface area contributed by atoms with Crippen LogP contribution in [0, 0.1) is 6.92 Å². The number of benzene rings is 1. The van der Waals surface area contributed by atoms with Crippen LogP contribution in [-0.4, -0.2) is 36.5 Å². The van der Waals surface area contributed by atoms with Gasteiger partial charge in [-0.25, -0.2) is 9.97 Å². The molecule has 1 amide bonds. The van der Waals surface area contributed by atoms with Gasteiger partial charge >= 0.3 is 6.18 Å². The number of anilines is 1. The molecule has 5 nitrogen and oxygen atoms in total. The maximum absolute atomic E-state index is 12.8. The van der Waals surface area contributed by atoms with E-state index in [2.05, 4.69) is 15.3 Å². The maximum atomic E-state index is 12.8. The number of aromatic nitrogens is 2. The van der Waals surface area contributed by atoms with Crippen molar-refractivity contribution < 1.29 is 18.0 Å². The smallest absolute Gasteiger partial charge is 0.378 e. The van der Waals surface area contributed by atoms with Crippen molar-refractivity contribution in [2.24, 2.45) is 0 Å². The standard InChI is InChI=1S/C17H19F3N4O/c1-11-9-14(17(18,19)20)23-15(22-11)7-8-21-16(25)12-5-4-6-13(10-12)24(2)3/h4-6,9-10H,7-8H2,1-3H3,(H,21,25). The molecule has 1 N–H and O–H groups in total. The fourth-order valence-corrected chi connectivity index (χ4v) is 2.20. The van der Waals surface area contributed by atoms with E-state index in [0.29, 0.717) is 5.56 Å². The number of nitrogens with one attached hydrogen (secondary N) is 1. The van der Waals surface area contributed by atoms with Crippen molar-refractivity contribution >= 4 is 11.6 Å². The fraction of sp³-hybridized carbons (Fsp3) is 0.353. The molecule has 2 aromatic rings. The molecule has 8 heteroatoms. The van der Waals surface area contributed by atoms with E-state index in [-0.39, 0.29) is 30.4 Å². The predicted molar refractivity (Wildman–Crippen MR) is 88.6 cm³/mol. The molecule has 1 heterocycles. The Kier molecular flexibility index (Phi) is 5.61. The lowest BCUT2D eigenvalue weighted by Gasteiger charge is -2.13. The highest BCUT2D eigenvalue weighted by Gasteiger charge is 2.33. The van der Waals surface area contributed by atoms with Crippen molar-refractivity contribution in [1.29, 1.82) is 0 Å². The lowest BCUT2D eigenvalue weighted by Crippen LogP contribution is -2.26. The summed E-state index contributed by atoms with van der Waals surface area (Å²) in [5.74, 6) is -0.248. The summed E-state index contributed by atoms with van der Waals surface area (Å²) in [6, 6.07) is 7.95. The summed E-state index contributed by atoms with van der Waals surface area (Å²) in [6.45, 7) is 1.62. The van der Waals surface area contributed by atoms with Gasteiger partial charge < -0.3 is 10.2 Å². The van der Waals surface area contributed by atoms with Crippen LogP contribution in [0.15, 0.2) is 30.3 Å². The quantitative estimate of drug-likeness (QED) is 0.899. The van der Waals surface area contributed by atoms with Crippen molar-refractivity contribution in [2.45, 2.75) is 19.5 Å². The lowest BCUT2D eigenvalue weighted by atomic mass is 10.2. The molecule has 0 radical (unpaired) electrons. The Morgan fingerprint density at radius 3 is 2.56 bits per heavy atom. The molecule has 0 aliphatic heterocycles. The summed E-state index contributed by atoms with van der Waals surface area (Å²) in [5.41, 5.74) is 0.624. The fourth-order valence-electron chi connectivity index (χ4n) is 2.20. The third kappa shape index (κ3) is 5.17. The van der Waals surface area contributed by atoms with Gasteiger partial charge in [0.05, 0.1) is 0 Å². The molecular formula is C17H19F3N4O. The Hall–Kier alpha value is -2.64. The predicted octanol–water partition coefficient (Wildman–Crippen LogP) is 2.84. The number of nitrogens with zero attached hydrogens (tertiary/aromatic N) is 3. The van der Waals surface area contributed by atoms with Crippen LogP contribution in [0.1, 0.15) is 27.6 Å². The monoisotopic (exact) mass is 352 g/mol.